The maximum Gasteiger partial charge on any atom is 0.264 e. The lowest BCUT2D eigenvalue weighted by molar-refractivity contribution is -0.140. The minimum Gasteiger partial charge on any atom is -0.352 e. The fraction of sp³-hybridized carbons (Fsp3) is 0.297. The molecule has 4 aromatic carbocycles. The average molecular weight is 693 g/mol. The number of sulfonamides is 1. The second kappa shape index (κ2) is 15.4. The number of nitrogens with zero attached hydrogens (tertiary/aromatic N) is 2. The molecule has 47 heavy (non-hydrogen) atoms. The van der Waals surface area contributed by atoms with Crippen molar-refractivity contribution in [1.82, 2.24) is 10.2 Å². The Morgan fingerprint density at radius 2 is 1.43 bits per heavy atom. The highest BCUT2D eigenvalue weighted by Crippen LogP contribution is 2.31. The molecular weight excluding hydrogens is 653 g/mol. The van der Waals surface area contributed by atoms with Gasteiger partial charge in [-0.1, -0.05) is 114 Å². The van der Waals surface area contributed by atoms with E-state index in [-0.39, 0.29) is 45.5 Å². The van der Waals surface area contributed by atoms with Crippen molar-refractivity contribution in [1.29, 1.82) is 0 Å². The van der Waals surface area contributed by atoms with Crippen LogP contribution in [0.15, 0.2) is 102 Å². The highest BCUT2D eigenvalue weighted by atomic mass is 35.5. The van der Waals surface area contributed by atoms with Crippen molar-refractivity contribution < 1.29 is 18.0 Å². The summed E-state index contributed by atoms with van der Waals surface area (Å²) in [6.07, 6.45) is 4.10. The van der Waals surface area contributed by atoms with E-state index in [1.165, 1.54) is 35.2 Å². The van der Waals surface area contributed by atoms with E-state index in [1.807, 2.05) is 68.4 Å². The first-order chi connectivity index (χ1) is 22.5. The number of halogens is 2. The van der Waals surface area contributed by atoms with E-state index in [1.54, 1.807) is 12.1 Å². The lowest BCUT2D eigenvalue weighted by Crippen LogP contribution is -2.54. The van der Waals surface area contributed by atoms with Crippen LogP contribution in [-0.2, 0) is 32.6 Å². The predicted octanol–water partition coefficient (Wildman–Crippen LogP) is 7.50. The second-order valence-corrected chi connectivity index (χ2v) is 14.8. The van der Waals surface area contributed by atoms with E-state index in [4.69, 9.17) is 23.2 Å². The average Bonchev–Trinajstić information content (AvgIpc) is 3.57. The number of benzene rings is 4. The van der Waals surface area contributed by atoms with E-state index in [0.717, 1.165) is 52.2 Å². The third-order valence-electron chi connectivity index (χ3n) is 8.53. The first-order valence-electron chi connectivity index (χ1n) is 15.7. The smallest absolute Gasteiger partial charge is 0.264 e. The van der Waals surface area contributed by atoms with Gasteiger partial charge >= 0.3 is 0 Å². The van der Waals surface area contributed by atoms with Gasteiger partial charge in [0, 0.05) is 19.0 Å². The molecule has 0 bridgehead atoms. The molecule has 2 amide bonds. The molecule has 0 aromatic heterocycles. The summed E-state index contributed by atoms with van der Waals surface area (Å²) in [6, 6.07) is 27.3. The first kappa shape index (κ1) is 34.5. The van der Waals surface area contributed by atoms with Gasteiger partial charge in [0.25, 0.3) is 10.0 Å². The van der Waals surface area contributed by atoms with E-state index >= 15 is 0 Å². The summed E-state index contributed by atoms with van der Waals surface area (Å²) in [4.78, 5) is 30.3. The summed E-state index contributed by atoms with van der Waals surface area (Å²) in [7, 11) is -4.25. The van der Waals surface area contributed by atoms with Crippen molar-refractivity contribution in [2.24, 2.45) is 0 Å². The zero-order chi connectivity index (χ0) is 33.6. The van der Waals surface area contributed by atoms with E-state index in [2.05, 4.69) is 5.32 Å². The fourth-order valence-electron chi connectivity index (χ4n) is 5.82. The Hall–Kier alpha value is -3.85. The summed E-state index contributed by atoms with van der Waals surface area (Å²) >= 11 is 12.6. The largest absolute Gasteiger partial charge is 0.352 e. The number of nitrogens with one attached hydrogen (secondary N) is 1. The van der Waals surface area contributed by atoms with Gasteiger partial charge in [-0.3, -0.25) is 13.9 Å². The summed E-state index contributed by atoms with van der Waals surface area (Å²) in [5.74, 6) is -0.793. The minimum atomic E-state index is -4.25. The molecule has 1 saturated carbocycles. The van der Waals surface area contributed by atoms with Gasteiger partial charge in [-0.2, -0.15) is 0 Å². The Kier molecular flexibility index (Phi) is 11.3. The molecule has 7 nitrogen and oxygen atoms in total. The van der Waals surface area contributed by atoms with Crippen LogP contribution in [0.5, 0.6) is 0 Å². The maximum absolute atomic E-state index is 14.6. The number of rotatable bonds is 12. The van der Waals surface area contributed by atoms with Gasteiger partial charge in [0.15, 0.2) is 0 Å². The second-order valence-electron chi connectivity index (χ2n) is 12.1. The summed E-state index contributed by atoms with van der Waals surface area (Å²) < 4.78 is 29.5. The van der Waals surface area contributed by atoms with Crippen molar-refractivity contribution in [2.45, 2.75) is 69.5 Å². The summed E-state index contributed by atoms with van der Waals surface area (Å²) in [5.41, 5.74) is 3.83. The SMILES string of the molecule is Cc1ccc(CN(C(=O)CN(c2ccc(Cl)c(Cl)c2)S(=O)(=O)c2ccc(C)cc2)C(Cc2ccccc2)C(=O)NC2CCCC2)cc1. The zero-order valence-electron chi connectivity index (χ0n) is 26.5. The lowest BCUT2D eigenvalue weighted by atomic mass is 10.0. The Labute approximate surface area is 287 Å². The lowest BCUT2D eigenvalue weighted by Gasteiger charge is -2.34. The molecule has 1 atom stereocenters. The monoisotopic (exact) mass is 691 g/mol. The molecule has 0 spiro atoms. The van der Waals surface area contributed by atoms with Crippen molar-refractivity contribution in [3.63, 3.8) is 0 Å². The molecule has 0 heterocycles. The zero-order valence-corrected chi connectivity index (χ0v) is 28.9. The topological polar surface area (TPSA) is 86.8 Å². The molecule has 1 N–H and O–H groups in total. The van der Waals surface area contributed by atoms with E-state index < -0.39 is 28.5 Å². The molecule has 1 unspecified atom stereocenters. The van der Waals surface area contributed by atoms with Gasteiger partial charge < -0.3 is 10.2 Å². The molecule has 246 valence electrons. The molecule has 1 fully saturated rings. The van der Waals surface area contributed by atoms with Gasteiger partial charge in [0.05, 0.1) is 20.6 Å². The van der Waals surface area contributed by atoms with Crippen LogP contribution in [0.25, 0.3) is 0 Å². The number of amides is 2. The maximum atomic E-state index is 14.6. The number of carbonyl (C=O) groups excluding carboxylic acids is 2. The van der Waals surface area contributed by atoms with Crippen LogP contribution in [0, 0.1) is 13.8 Å². The highest BCUT2D eigenvalue weighted by Gasteiger charge is 2.35. The molecule has 1 aliphatic rings. The number of anilines is 1. The minimum absolute atomic E-state index is 0.0202. The highest BCUT2D eigenvalue weighted by molar-refractivity contribution is 7.92. The Balaban J connectivity index is 1.57. The molecular formula is C37H39Cl2N3O4S. The molecule has 0 aliphatic heterocycles. The standard InChI is InChI=1S/C37H39Cl2N3O4S/c1-26-12-16-29(17-13-26)24-41(35(22-28-8-4-3-5-9-28)37(44)40-30-10-6-7-11-30)36(43)25-42(31-18-21-33(38)34(39)23-31)47(45,46)32-19-14-27(2)15-20-32/h3-5,8-9,12-21,23,30,35H,6-7,10-11,22,24-25H2,1-2H3,(H,40,44). The number of hydrogen-bond donors (Lipinski definition) is 1. The number of hydrogen-bond acceptors (Lipinski definition) is 4. The third-order valence-corrected chi connectivity index (χ3v) is 11.1. The summed E-state index contributed by atoms with van der Waals surface area (Å²) in [6.45, 7) is 3.38. The molecule has 5 rings (SSSR count). The molecule has 0 radical (unpaired) electrons. The number of carbonyl (C=O) groups is 2. The van der Waals surface area contributed by atoms with E-state index in [0.29, 0.717) is 0 Å². The normalized spacial score (nSPS) is 14.0. The first-order valence-corrected chi connectivity index (χ1v) is 17.9. The van der Waals surface area contributed by atoms with Gasteiger partial charge in [0.1, 0.15) is 12.6 Å². The van der Waals surface area contributed by atoms with Crippen molar-refractivity contribution in [2.75, 3.05) is 10.8 Å². The van der Waals surface area contributed by atoms with Crippen molar-refractivity contribution in [3.8, 4) is 0 Å². The van der Waals surface area contributed by atoms with Gasteiger partial charge in [-0.25, -0.2) is 8.42 Å². The van der Waals surface area contributed by atoms with Crippen LogP contribution in [0.2, 0.25) is 10.0 Å². The van der Waals surface area contributed by atoms with Crippen LogP contribution in [0.1, 0.15) is 47.9 Å². The number of aryl methyl sites for hydroxylation is 2. The quantitative estimate of drug-likeness (QED) is 0.167. The Morgan fingerprint density at radius 3 is 2.04 bits per heavy atom. The Morgan fingerprint density at radius 1 is 0.809 bits per heavy atom. The van der Waals surface area contributed by atoms with Crippen LogP contribution >= 0.6 is 23.2 Å². The van der Waals surface area contributed by atoms with E-state index in [9.17, 15) is 18.0 Å². The molecule has 0 saturated heterocycles. The fourth-order valence-corrected chi connectivity index (χ4v) is 7.52. The van der Waals surface area contributed by atoms with Crippen LogP contribution in [0.4, 0.5) is 5.69 Å². The van der Waals surface area contributed by atoms with Crippen LogP contribution in [-0.4, -0.2) is 43.8 Å². The van der Waals surface area contributed by atoms with Crippen molar-refractivity contribution in [3.05, 3.63) is 129 Å². The van der Waals surface area contributed by atoms with Gasteiger partial charge in [-0.05, 0) is 68.1 Å². The van der Waals surface area contributed by atoms with Crippen LogP contribution in [0.3, 0.4) is 0 Å². The predicted molar refractivity (Wildman–Crippen MR) is 188 cm³/mol. The summed E-state index contributed by atoms with van der Waals surface area (Å²) in [5, 5.41) is 3.59. The van der Waals surface area contributed by atoms with Gasteiger partial charge in [0.2, 0.25) is 11.8 Å². The van der Waals surface area contributed by atoms with Crippen molar-refractivity contribution >= 4 is 50.7 Å². The van der Waals surface area contributed by atoms with Gasteiger partial charge in [-0.15, -0.1) is 0 Å². The third kappa shape index (κ3) is 8.74. The molecule has 1 aliphatic carbocycles. The molecule has 10 heteroatoms. The molecule has 4 aromatic rings. The Bertz CT molecular complexity index is 1790. The van der Waals surface area contributed by atoms with Crippen LogP contribution < -0.4 is 9.62 Å².